The smallest absolute Gasteiger partial charge is 0.270 e. The van der Waals surface area contributed by atoms with E-state index in [1.807, 2.05) is 48.5 Å². The van der Waals surface area contributed by atoms with E-state index in [2.05, 4.69) is 47.1 Å². The molecular formula is C45H44N8O5. The standard InChI is InChI=1S/C38H31N7O4.C5H11NO.C2H2/c1-24-33(38(47)44(23-29-10-6-4-8-26(29)20-39)30-12-11-27-21-40-41-35(27)18-30)19-36(42(24)2)34-17-31(45(48)49)13-14-32(34)37(46)43-16-15-25-7-3-5-9-28(25)22-43;1-6-2-4-7-5-3-6;1-2/h3-14,17-19,21H,15-16,22-23H2,1-2H3,(H,40,41);2-5H2,1H3;1-2H. The number of nitrogens with zero attached hydrogens (tertiary/aromatic N) is 7. The molecule has 6 aromatic rings. The van der Waals surface area contributed by atoms with Gasteiger partial charge in [-0.25, -0.2) is 0 Å². The lowest BCUT2D eigenvalue weighted by atomic mass is 9.97. The van der Waals surface area contributed by atoms with Crippen LogP contribution >= 0.6 is 0 Å². The number of benzene rings is 4. The summed E-state index contributed by atoms with van der Waals surface area (Å²) < 4.78 is 6.88. The summed E-state index contributed by atoms with van der Waals surface area (Å²) in [5.74, 6) is -0.578. The number of H-pyrrole nitrogens is 1. The number of ether oxygens (including phenoxy) is 1. The molecule has 0 bridgehead atoms. The maximum atomic E-state index is 14.6. The number of rotatable bonds is 7. The molecule has 1 saturated heterocycles. The Morgan fingerprint density at radius 1 is 0.948 bits per heavy atom. The van der Waals surface area contributed by atoms with Crippen LogP contribution in [0.15, 0.2) is 97.2 Å². The molecule has 0 radical (unpaired) electrons. The van der Waals surface area contributed by atoms with Crippen molar-refractivity contribution in [1.82, 2.24) is 24.6 Å². The highest BCUT2D eigenvalue weighted by Gasteiger charge is 2.29. The summed E-state index contributed by atoms with van der Waals surface area (Å²) in [5, 5.41) is 29.7. The Balaban J connectivity index is 0.000000564. The number of non-ortho nitro benzene ring substituents is 1. The second-order valence-electron chi connectivity index (χ2n) is 14.0. The minimum absolute atomic E-state index is 0.114. The number of amides is 2. The van der Waals surface area contributed by atoms with Crippen molar-refractivity contribution in [3.8, 4) is 30.2 Å². The molecule has 8 rings (SSSR count). The maximum Gasteiger partial charge on any atom is 0.270 e. The van der Waals surface area contributed by atoms with E-state index in [0.717, 1.165) is 42.8 Å². The number of nitro benzene ring substituents is 1. The van der Waals surface area contributed by atoms with Crippen molar-refractivity contribution in [3.05, 3.63) is 146 Å². The van der Waals surface area contributed by atoms with Gasteiger partial charge in [0.25, 0.3) is 17.5 Å². The van der Waals surface area contributed by atoms with Crippen molar-refractivity contribution in [2.24, 2.45) is 7.05 Å². The Hall–Kier alpha value is -7.06. The van der Waals surface area contributed by atoms with Crippen LogP contribution in [-0.2, 0) is 31.3 Å². The lowest BCUT2D eigenvalue weighted by Crippen LogP contribution is -2.36. The number of nitriles is 1. The molecule has 0 saturated carbocycles. The van der Waals surface area contributed by atoms with Crippen LogP contribution in [0.1, 0.15) is 48.7 Å². The van der Waals surface area contributed by atoms with Gasteiger partial charge in [0.1, 0.15) is 0 Å². The molecule has 2 aliphatic rings. The Kier molecular flexibility index (Phi) is 12.8. The molecular weight excluding hydrogens is 733 g/mol. The third-order valence-electron chi connectivity index (χ3n) is 10.6. The van der Waals surface area contributed by atoms with Gasteiger partial charge in [0, 0.05) is 78.9 Å². The average molecular weight is 777 g/mol. The van der Waals surface area contributed by atoms with Crippen molar-refractivity contribution in [1.29, 1.82) is 5.26 Å². The summed E-state index contributed by atoms with van der Waals surface area (Å²) in [6, 6.07) is 28.8. The quantitative estimate of drug-likeness (QED) is 0.104. The van der Waals surface area contributed by atoms with Crippen LogP contribution in [0, 0.1) is 41.2 Å². The molecule has 4 heterocycles. The second-order valence-corrected chi connectivity index (χ2v) is 14.0. The van der Waals surface area contributed by atoms with Crippen molar-refractivity contribution < 1.29 is 19.2 Å². The number of carbonyl (C=O) groups is 2. The number of likely N-dealkylation sites (N-methyl/N-ethyl adjacent to an activating group) is 1. The summed E-state index contributed by atoms with van der Waals surface area (Å²) >= 11 is 0. The second kappa shape index (κ2) is 18.3. The van der Waals surface area contributed by atoms with E-state index in [4.69, 9.17) is 4.74 Å². The average Bonchev–Trinajstić information content (AvgIpc) is 3.86. The first-order valence-electron chi connectivity index (χ1n) is 18.8. The minimum Gasteiger partial charge on any atom is -0.379 e. The number of aromatic nitrogens is 3. The molecule has 2 aromatic heterocycles. The lowest BCUT2D eigenvalue weighted by molar-refractivity contribution is -0.384. The lowest BCUT2D eigenvalue weighted by Gasteiger charge is -2.29. The van der Waals surface area contributed by atoms with Gasteiger partial charge in [-0.15, -0.1) is 12.8 Å². The van der Waals surface area contributed by atoms with Crippen LogP contribution in [0.3, 0.4) is 0 Å². The molecule has 13 nitrogen and oxygen atoms in total. The SMILES string of the molecule is C#C.CN1CCOCC1.Cc1c(C(=O)N(Cc2ccccc2C#N)c2ccc3cn[nH]c3c2)cc(-c2cc([N+](=O)[O-])ccc2C(=O)N2CCc3ccccc3C2)n1C. The molecule has 294 valence electrons. The van der Waals surface area contributed by atoms with E-state index in [9.17, 15) is 25.0 Å². The number of nitro groups is 1. The number of aromatic amines is 1. The first-order chi connectivity index (χ1) is 28.1. The molecule has 58 heavy (non-hydrogen) atoms. The summed E-state index contributed by atoms with van der Waals surface area (Å²) in [6.45, 7) is 6.88. The van der Waals surface area contributed by atoms with Crippen molar-refractivity contribution in [2.45, 2.75) is 26.4 Å². The Morgan fingerprint density at radius 2 is 1.67 bits per heavy atom. The number of fused-ring (bicyclic) bond motifs is 2. The fourth-order valence-electron chi connectivity index (χ4n) is 7.17. The van der Waals surface area contributed by atoms with Gasteiger partial charge < -0.3 is 24.0 Å². The predicted molar refractivity (Wildman–Crippen MR) is 223 cm³/mol. The van der Waals surface area contributed by atoms with Crippen LogP contribution in [0.25, 0.3) is 22.2 Å². The summed E-state index contributed by atoms with van der Waals surface area (Å²) in [6.07, 6.45) is 10.4. The van der Waals surface area contributed by atoms with E-state index in [-0.39, 0.29) is 24.0 Å². The number of anilines is 1. The van der Waals surface area contributed by atoms with E-state index < -0.39 is 4.92 Å². The minimum atomic E-state index is -0.489. The van der Waals surface area contributed by atoms with Crippen LogP contribution in [-0.4, -0.2) is 81.2 Å². The number of terminal acetylenes is 1. The summed E-state index contributed by atoms with van der Waals surface area (Å²) in [5.41, 5.74) is 6.70. The van der Waals surface area contributed by atoms with E-state index in [0.29, 0.717) is 64.4 Å². The first-order valence-corrected chi connectivity index (χ1v) is 18.8. The van der Waals surface area contributed by atoms with Gasteiger partial charge in [-0.1, -0.05) is 42.5 Å². The van der Waals surface area contributed by atoms with Gasteiger partial charge in [-0.05, 0) is 73.5 Å². The van der Waals surface area contributed by atoms with Crippen LogP contribution in [0.2, 0.25) is 0 Å². The normalized spacial score (nSPS) is 13.6. The van der Waals surface area contributed by atoms with Gasteiger partial charge in [0.05, 0.1) is 53.6 Å². The predicted octanol–water partition coefficient (Wildman–Crippen LogP) is 6.90. The highest BCUT2D eigenvalue weighted by Crippen LogP contribution is 2.34. The number of carbonyl (C=O) groups excluding carboxylic acids is 2. The van der Waals surface area contributed by atoms with Gasteiger partial charge in [0.15, 0.2) is 0 Å². The molecule has 4 aromatic carbocycles. The Morgan fingerprint density at radius 3 is 2.38 bits per heavy atom. The molecule has 0 unspecified atom stereocenters. The summed E-state index contributed by atoms with van der Waals surface area (Å²) in [7, 11) is 3.89. The molecule has 1 fully saturated rings. The van der Waals surface area contributed by atoms with E-state index >= 15 is 0 Å². The zero-order valence-corrected chi connectivity index (χ0v) is 32.7. The van der Waals surface area contributed by atoms with Crippen LogP contribution < -0.4 is 4.90 Å². The van der Waals surface area contributed by atoms with Crippen LogP contribution in [0.4, 0.5) is 11.4 Å². The number of morpholine rings is 1. The van der Waals surface area contributed by atoms with Crippen molar-refractivity contribution in [2.75, 3.05) is 44.8 Å². The van der Waals surface area contributed by atoms with Gasteiger partial charge in [-0.2, -0.15) is 10.4 Å². The third kappa shape index (κ3) is 8.66. The highest BCUT2D eigenvalue weighted by molar-refractivity contribution is 6.09. The fraction of sp³-hybridized carbons (Fsp3) is 0.244. The van der Waals surface area contributed by atoms with E-state index in [1.165, 1.54) is 23.8 Å². The number of nitrogens with one attached hydrogen (secondary N) is 1. The third-order valence-corrected chi connectivity index (χ3v) is 10.6. The largest absolute Gasteiger partial charge is 0.379 e. The monoisotopic (exact) mass is 776 g/mol. The Bertz CT molecular complexity index is 2520. The molecule has 13 heteroatoms. The highest BCUT2D eigenvalue weighted by atomic mass is 16.6. The molecule has 2 amide bonds. The molecule has 0 atom stereocenters. The van der Waals surface area contributed by atoms with Crippen LogP contribution in [0.5, 0.6) is 0 Å². The van der Waals surface area contributed by atoms with Gasteiger partial charge in [-0.3, -0.25) is 24.8 Å². The number of hydrogen-bond acceptors (Lipinski definition) is 8. The molecule has 0 aliphatic carbocycles. The molecule has 0 spiro atoms. The fourth-order valence-corrected chi connectivity index (χ4v) is 7.17. The van der Waals surface area contributed by atoms with Gasteiger partial charge in [0.2, 0.25) is 0 Å². The first kappa shape index (κ1) is 40.6. The molecule has 2 aliphatic heterocycles. The summed E-state index contributed by atoms with van der Waals surface area (Å²) in [4.78, 5) is 45.8. The van der Waals surface area contributed by atoms with Gasteiger partial charge >= 0.3 is 0 Å². The number of hydrogen-bond donors (Lipinski definition) is 1. The van der Waals surface area contributed by atoms with Crippen molar-refractivity contribution >= 4 is 34.1 Å². The van der Waals surface area contributed by atoms with E-state index in [1.54, 1.807) is 52.7 Å². The zero-order valence-electron chi connectivity index (χ0n) is 32.7. The topological polar surface area (TPSA) is 154 Å². The Labute approximate surface area is 337 Å². The van der Waals surface area contributed by atoms with Crippen molar-refractivity contribution in [3.63, 3.8) is 0 Å². The maximum absolute atomic E-state index is 14.6. The zero-order chi connectivity index (χ0) is 41.3. The molecule has 1 N–H and O–H groups in total.